The van der Waals surface area contributed by atoms with E-state index < -0.39 is 5.60 Å². The quantitative estimate of drug-likeness (QED) is 0.697. The zero-order valence-corrected chi connectivity index (χ0v) is 13.6. The number of benzene rings is 3. The molecule has 0 saturated carbocycles. The molecule has 0 radical (unpaired) electrons. The van der Waals surface area contributed by atoms with Crippen molar-refractivity contribution in [3.05, 3.63) is 113 Å². The number of aliphatic hydroxyl groups is 1. The predicted octanol–water partition coefficient (Wildman–Crippen LogP) is 4.61. The van der Waals surface area contributed by atoms with Crippen molar-refractivity contribution in [3.8, 4) is 0 Å². The number of methoxy groups -OCH3 is 1. The number of hydrogen-bond acceptors (Lipinski definition) is 2. The highest BCUT2D eigenvalue weighted by atomic mass is 16.5. The lowest BCUT2D eigenvalue weighted by Gasteiger charge is -2.31. The number of rotatable bonds is 5. The van der Waals surface area contributed by atoms with E-state index >= 15 is 0 Å². The molecule has 0 unspecified atom stereocenters. The van der Waals surface area contributed by atoms with E-state index in [0.29, 0.717) is 5.76 Å². The largest absolute Gasteiger partial charge is 0.497 e. The Bertz CT molecular complexity index is 754. The first-order valence-electron chi connectivity index (χ1n) is 7.90. The molecule has 1 N–H and O–H groups in total. The van der Waals surface area contributed by atoms with Gasteiger partial charge in [-0.15, -0.1) is 0 Å². The van der Waals surface area contributed by atoms with Gasteiger partial charge in [-0.3, -0.25) is 0 Å². The molecule has 24 heavy (non-hydrogen) atoms. The van der Waals surface area contributed by atoms with Crippen molar-refractivity contribution in [2.75, 3.05) is 7.11 Å². The van der Waals surface area contributed by atoms with Gasteiger partial charge < -0.3 is 9.84 Å². The molecule has 0 heterocycles. The Kier molecular flexibility index (Phi) is 4.78. The maximum absolute atomic E-state index is 11.7. The molecule has 0 aliphatic rings. The predicted molar refractivity (Wildman–Crippen MR) is 97.3 cm³/mol. The molecule has 3 aromatic carbocycles. The van der Waals surface area contributed by atoms with Gasteiger partial charge in [0.15, 0.2) is 5.60 Å². The van der Waals surface area contributed by atoms with Crippen LogP contribution in [0, 0.1) is 0 Å². The molecule has 3 rings (SSSR count). The summed E-state index contributed by atoms with van der Waals surface area (Å²) in [5.74, 6) is 0.478. The molecule has 0 spiro atoms. The van der Waals surface area contributed by atoms with E-state index in [1.807, 2.05) is 97.1 Å². The Morgan fingerprint density at radius 3 is 1.58 bits per heavy atom. The molecular weight excluding hydrogens is 296 g/mol. The van der Waals surface area contributed by atoms with Crippen LogP contribution in [0.25, 0.3) is 6.08 Å². The van der Waals surface area contributed by atoms with Crippen molar-refractivity contribution in [1.29, 1.82) is 0 Å². The van der Waals surface area contributed by atoms with Crippen molar-refractivity contribution in [1.82, 2.24) is 0 Å². The van der Waals surface area contributed by atoms with Crippen molar-refractivity contribution in [2.45, 2.75) is 5.60 Å². The lowest BCUT2D eigenvalue weighted by molar-refractivity contribution is 0.0574. The van der Waals surface area contributed by atoms with Crippen LogP contribution in [-0.4, -0.2) is 12.2 Å². The average molecular weight is 316 g/mol. The zero-order chi connectivity index (χ0) is 16.8. The Morgan fingerprint density at radius 1 is 0.750 bits per heavy atom. The summed E-state index contributed by atoms with van der Waals surface area (Å²) in [6.45, 7) is 0. The first-order valence-corrected chi connectivity index (χ1v) is 7.90. The maximum Gasteiger partial charge on any atom is 0.172 e. The molecule has 0 saturated heterocycles. The van der Waals surface area contributed by atoms with Gasteiger partial charge in [-0.25, -0.2) is 0 Å². The monoisotopic (exact) mass is 316 g/mol. The summed E-state index contributed by atoms with van der Waals surface area (Å²) in [5.41, 5.74) is 1.15. The summed E-state index contributed by atoms with van der Waals surface area (Å²) in [4.78, 5) is 0. The van der Waals surface area contributed by atoms with Gasteiger partial charge in [-0.1, -0.05) is 91.0 Å². The molecular formula is C22H20O2. The molecule has 3 aromatic rings. The first kappa shape index (κ1) is 16.0. The Morgan fingerprint density at radius 2 is 1.17 bits per heavy atom. The maximum atomic E-state index is 11.7. The molecule has 0 aliphatic heterocycles. The molecule has 0 aliphatic carbocycles. The van der Waals surface area contributed by atoms with Gasteiger partial charge in [-0.2, -0.15) is 0 Å². The Balaban J connectivity index is 2.19. The van der Waals surface area contributed by atoms with E-state index in [0.717, 1.165) is 16.7 Å². The van der Waals surface area contributed by atoms with E-state index in [1.54, 1.807) is 7.11 Å². The van der Waals surface area contributed by atoms with Crippen LogP contribution in [0.3, 0.4) is 0 Å². The third-order valence-electron chi connectivity index (χ3n) is 4.06. The van der Waals surface area contributed by atoms with Crippen LogP contribution >= 0.6 is 0 Å². The van der Waals surface area contributed by atoms with Crippen LogP contribution in [0.15, 0.2) is 96.8 Å². The molecule has 0 atom stereocenters. The third-order valence-corrected chi connectivity index (χ3v) is 4.06. The molecule has 2 heteroatoms. The second-order valence-corrected chi connectivity index (χ2v) is 5.57. The van der Waals surface area contributed by atoms with Crippen LogP contribution < -0.4 is 0 Å². The minimum Gasteiger partial charge on any atom is -0.497 e. The van der Waals surface area contributed by atoms with Gasteiger partial charge in [0.25, 0.3) is 0 Å². The van der Waals surface area contributed by atoms with Crippen molar-refractivity contribution in [3.63, 3.8) is 0 Å². The van der Waals surface area contributed by atoms with Crippen molar-refractivity contribution >= 4 is 6.08 Å². The zero-order valence-electron chi connectivity index (χ0n) is 13.6. The highest BCUT2D eigenvalue weighted by molar-refractivity contribution is 5.57. The average Bonchev–Trinajstić information content (AvgIpc) is 2.67. The smallest absolute Gasteiger partial charge is 0.172 e. The SMILES string of the molecule is CO/C(=C\c1ccccc1)C(O)(c1ccccc1)c1ccccc1. The van der Waals surface area contributed by atoms with Crippen molar-refractivity contribution < 1.29 is 9.84 Å². The van der Waals surface area contributed by atoms with Crippen LogP contribution in [0.2, 0.25) is 0 Å². The summed E-state index contributed by atoms with van der Waals surface area (Å²) in [6.07, 6.45) is 1.88. The minimum absolute atomic E-state index is 0.478. The number of ether oxygens (including phenoxy) is 1. The normalized spacial score (nSPS) is 12.0. The first-order chi connectivity index (χ1) is 11.7. The van der Waals surface area contributed by atoms with E-state index in [1.165, 1.54) is 0 Å². The number of hydrogen-bond donors (Lipinski definition) is 1. The minimum atomic E-state index is -1.35. The lowest BCUT2D eigenvalue weighted by Crippen LogP contribution is -2.30. The summed E-state index contributed by atoms with van der Waals surface area (Å²) < 4.78 is 5.64. The third kappa shape index (κ3) is 3.10. The van der Waals surface area contributed by atoms with Gasteiger partial charge in [0.05, 0.1) is 7.11 Å². The van der Waals surface area contributed by atoms with Crippen LogP contribution in [-0.2, 0) is 10.3 Å². The molecule has 2 nitrogen and oxygen atoms in total. The Labute approximate surface area is 142 Å². The van der Waals surface area contributed by atoms with E-state index in [9.17, 15) is 5.11 Å². The second-order valence-electron chi connectivity index (χ2n) is 5.57. The van der Waals surface area contributed by atoms with Crippen LogP contribution in [0.4, 0.5) is 0 Å². The topological polar surface area (TPSA) is 29.5 Å². The lowest BCUT2D eigenvalue weighted by atomic mass is 9.84. The Hall–Kier alpha value is -2.84. The summed E-state index contributed by atoms with van der Waals surface area (Å²) in [5, 5.41) is 11.7. The van der Waals surface area contributed by atoms with Gasteiger partial charge in [0.2, 0.25) is 0 Å². The molecule has 0 amide bonds. The molecule has 0 fully saturated rings. The summed E-state index contributed by atoms with van der Waals surface area (Å²) in [7, 11) is 1.59. The fourth-order valence-electron chi connectivity index (χ4n) is 2.82. The van der Waals surface area contributed by atoms with Crippen LogP contribution in [0.5, 0.6) is 0 Å². The van der Waals surface area contributed by atoms with Gasteiger partial charge in [-0.05, 0) is 22.8 Å². The molecule has 0 aromatic heterocycles. The van der Waals surface area contributed by atoms with E-state index in [2.05, 4.69) is 0 Å². The molecule has 0 bridgehead atoms. The summed E-state index contributed by atoms with van der Waals surface area (Å²) in [6, 6.07) is 29.0. The van der Waals surface area contributed by atoms with Crippen molar-refractivity contribution in [2.24, 2.45) is 0 Å². The van der Waals surface area contributed by atoms with Gasteiger partial charge >= 0.3 is 0 Å². The fraction of sp³-hybridized carbons (Fsp3) is 0.0909. The summed E-state index contributed by atoms with van der Waals surface area (Å²) >= 11 is 0. The fourth-order valence-corrected chi connectivity index (χ4v) is 2.82. The second kappa shape index (κ2) is 7.16. The van der Waals surface area contributed by atoms with E-state index in [4.69, 9.17) is 4.74 Å². The van der Waals surface area contributed by atoms with Gasteiger partial charge in [0.1, 0.15) is 5.76 Å². The highest BCUT2D eigenvalue weighted by Crippen LogP contribution is 2.37. The van der Waals surface area contributed by atoms with Gasteiger partial charge in [0, 0.05) is 0 Å². The highest BCUT2D eigenvalue weighted by Gasteiger charge is 2.37. The molecule has 120 valence electrons. The standard InChI is InChI=1S/C22H20O2/c1-24-21(17-18-11-5-2-6-12-18)22(23,19-13-7-3-8-14-19)20-15-9-4-10-16-20/h2-17,23H,1H3/b21-17-. The van der Waals surface area contributed by atoms with Crippen LogP contribution in [0.1, 0.15) is 16.7 Å². The van der Waals surface area contributed by atoms with E-state index in [-0.39, 0.29) is 0 Å².